The topological polar surface area (TPSA) is 48.0 Å². The monoisotopic (exact) mass is 371 g/mol. The first kappa shape index (κ1) is 19.5. The predicted octanol–water partition coefficient (Wildman–Crippen LogP) is 4.76. The number of hydrogen-bond donors (Lipinski definition) is 0. The Kier molecular flexibility index (Phi) is 5.61. The Morgan fingerprint density at radius 3 is 2.56 bits per heavy atom. The molecule has 1 saturated heterocycles. The van der Waals surface area contributed by atoms with E-state index in [0.29, 0.717) is 13.0 Å². The Balaban J connectivity index is 1.80. The van der Waals surface area contributed by atoms with Gasteiger partial charge in [-0.3, -0.25) is 4.90 Å². The molecule has 2 aromatic carbocycles. The molecule has 0 N–H and O–H groups in total. The summed E-state index contributed by atoms with van der Waals surface area (Å²) in [7, 11) is 1.67. The summed E-state index contributed by atoms with van der Waals surface area (Å²) in [5, 5.41) is 2.27. The number of methoxy groups -OCH3 is 1. The zero-order chi connectivity index (χ0) is 19.6. The molecule has 27 heavy (non-hydrogen) atoms. The number of ether oxygens (including phenoxy) is 3. The van der Waals surface area contributed by atoms with Gasteiger partial charge in [-0.15, -0.1) is 0 Å². The van der Waals surface area contributed by atoms with E-state index >= 15 is 0 Å². The van der Waals surface area contributed by atoms with Crippen LogP contribution in [0.1, 0.15) is 39.7 Å². The van der Waals surface area contributed by atoms with E-state index in [4.69, 9.17) is 14.2 Å². The molecule has 0 unspecified atom stereocenters. The van der Waals surface area contributed by atoms with E-state index in [-0.39, 0.29) is 18.4 Å². The highest BCUT2D eigenvalue weighted by molar-refractivity contribution is 5.84. The Bertz CT molecular complexity index is 812. The van der Waals surface area contributed by atoms with E-state index in [0.717, 1.165) is 28.5 Å². The quantitative estimate of drug-likeness (QED) is 0.777. The van der Waals surface area contributed by atoms with E-state index in [1.54, 1.807) is 12.0 Å². The minimum Gasteiger partial charge on any atom is -0.497 e. The van der Waals surface area contributed by atoms with Crippen LogP contribution in [0.5, 0.6) is 5.75 Å². The van der Waals surface area contributed by atoms with Crippen molar-refractivity contribution in [3.05, 3.63) is 42.0 Å². The first-order valence-corrected chi connectivity index (χ1v) is 9.50. The second-order valence-corrected chi connectivity index (χ2v) is 7.99. The maximum absolute atomic E-state index is 12.7. The maximum Gasteiger partial charge on any atom is 0.412 e. The largest absolute Gasteiger partial charge is 0.497 e. The van der Waals surface area contributed by atoms with Gasteiger partial charge in [0.05, 0.1) is 19.8 Å². The van der Waals surface area contributed by atoms with Gasteiger partial charge in [0, 0.05) is 6.42 Å². The van der Waals surface area contributed by atoms with Crippen molar-refractivity contribution in [3.63, 3.8) is 0 Å². The van der Waals surface area contributed by atoms with Gasteiger partial charge >= 0.3 is 6.09 Å². The Labute approximate surface area is 161 Å². The van der Waals surface area contributed by atoms with E-state index in [9.17, 15) is 4.79 Å². The first-order valence-electron chi connectivity index (χ1n) is 9.50. The molecule has 0 aromatic heterocycles. The molecule has 1 amide bonds. The van der Waals surface area contributed by atoms with E-state index in [2.05, 4.69) is 25.1 Å². The summed E-state index contributed by atoms with van der Waals surface area (Å²) in [4.78, 5) is 14.5. The lowest BCUT2D eigenvalue weighted by Crippen LogP contribution is -2.45. The van der Waals surface area contributed by atoms with Crippen molar-refractivity contribution in [2.24, 2.45) is 0 Å². The van der Waals surface area contributed by atoms with Crippen LogP contribution in [0.4, 0.5) is 4.79 Å². The zero-order valence-electron chi connectivity index (χ0n) is 16.8. The molecule has 0 spiro atoms. The number of nitrogens with zero attached hydrogens (tertiary/aromatic N) is 1. The predicted molar refractivity (Wildman–Crippen MR) is 106 cm³/mol. The number of amides is 1. The molecular formula is C22H29NO4. The summed E-state index contributed by atoms with van der Waals surface area (Å²) < 4.78 is 16.9. The van der Waals surface area contributed by atoms with E-state index < -0.39 is 5.60 Å². The minimum atomic E-state index is -0.523. The van der Waals surface area contributed by atoms with Crippen molar-refractivity contribution in [2.75, 3.05) is 13.7 Å². The molecule has 0 bridgehead atoms. The molecule has 0 radical (unpaired) electrons. The normalized spacial score (nSPS) is 20.1. The highest BCUT2D eigenvalue weighted by atomic mass is 16.6. The number of carbonyl (C=O) groups excluding carboxylic acids is 1. The van der Waals surface area contributed by atoms with E-state index in [1.165, 1.54) is 0 Å². The summed E-state index contributed by atoms with van der Waals surface area (Å²) in [5.74, 6) is 0.844. The second kappa shape index (κ2) is 7.77. The van der Waals surface area contributed by atoms with Gasteiger partial charge in [-0.05, 0) is 55.7 Å². The molecule has 1 aliphatic rings. The summed E-state index contributed by atoms with van der Waals surface area (Å²) in [6.07, 6.45) is 0.869. The summed E-state index contributed by atoms with van der Waals surface area (Å²) >= 11 is 0. The van der Waals surface area contributed by atoms with Crippen LogP contribution in [0.3, 0.4) is 0 Å². The number of benzene rings is 2. The van der Waals surface area contributed by atoms with Gasteiger partial charge < -0.3 is 14.2 Å². The molecular weight excluding hydrogens is 342 g/mol. The molecule has 2 atom stereocenters. The SMILES string of the molecule is CC[C@@H]1CO[C@H](Cc2ccc3cc(OC)ccc3c2)N1C(=O)OC(C)(C)C. The standard InChI is InChI=1S/C22H29NO4/c1-6-18-14-26-20(23(18)21(24)27-22(2,3)4)12-15-7-8-17-13-19(25-5)10-9-16(17)11-15/h7-11,13,18,20H,6,12,14H2,1-5H3/t18-,20-/m1/s1. The fourth-order valence-electron chi connectivity index (χ4n) is 3.40. The van der Waals surface area contributed by atoms with Crippen molar-refractivity contribution in [1.82, 2.24) is 4.90 Å². The van der Waals surface area contributed by atoms with Gasteiger partial charge in [0.15, 0.2) is 0 Å². The van der Waals surface area contributed by atoms with Crippen LogP contribution < -0.4 is 4.74 Å². The van der Waals surface area contributed by atoms with Crippen LogP contribution in [0.25, 0.3) is 10.8 Å². The lowest BCUT2D eigenvalue weighted by Gasteiger charge is -2.30. The fraction of sp³-hybridized carbons (Fsp3) is 0.500. The van der Waals surface area contributed by atoms with Crippen LogP contribution in [0.2, 0.25) is 0 Å². The fourth-order valence-corrected chi connectivity index (χ4v) is 3.40. The van der Waals surface area contributed by atoms with Gasteiger partial charge in [-0.1, -0.05) is 31.2 Å². The van der Waals surface area contributed by atoms with Crippen molar-refractivity contribution in [1.29, 1.82) is 0 Å². The lowest BCUT2D eigenvalue weighted by atomic mass is 10.0. The number of fused-ring (bicyclic) bond motifs is 1. The van der Waals surface area contributed by atoms with Crippen LogP contribution >= 0.6 is 0 Å². The van der Waals surface area contributed by atoms with Crippen LogP contribution in [0.15, 0.2) is 36.4 Å². The van der Waals surface area contributed by atoms with E-state index in [1.807, 2.05) is 39.0 Å². The molecule has 146 valence electrons. The molecule has 5 heteroatoms. The third-order valence-corrected chi connectivity index (χ3v) is 4.78. The van der Waals surface area contributed by atoms with Crippen LogP contribution in [0, 0.1) is 0 Å². The van der Waals surface area contributed by atoms with Crippen molar-refractivity contribution in [3.8, 4) is 5.75 Å². The van der Waals surface area contributed by atoms with Crippen molar-refractivity contribution >= 4 is 16.9 Å². The summed E-state index contributed by atoms with van der Waals surface area (Å²) in [6.45, 7) is 8.27. The number of rotatable bonds is 4. The van der Waals surface area contributed by atoms with Crippen molar-refractivity contribution in [2.45, 2.75) is 58.4 Å². The molecule has 5 nitrogen and oxygen atoms in total. The summed E-state index contributed by atoms with van der Waals surface area (Å²) in [5.41, 5.74) is 0.604. The smallest absolute Gasteiger partial charge is 0.412 e. The lowest BCUT2D eigenvalue weighted by molar-refractivity contribution is -0.0127. The average Bonchev–Trinajstić information content (AvgIpc) is 3.02. The minimum absolute atomic E-state index is 0.0505. The highest BCUT2D eigenvalue weighted by Gasteiger charge is 2.39. The maximum atomic E-state index is 12.7. The molecule has 2 aromatic rings. The highest BCUT2D eigenvalue weighted by Crippen LogP contribution is 2.27. The number of hydrogen-bond acceptors (Lipinski definition) is 4. The Morgan fingerprint density at radius 2 is 1.89 bits per heavy atom. The van der Waals surface area contributed by atoms with Gasteiger partial charge in [0.2, 0.25) is 0 Å². The average molecular weight is 371 g/mol. The third-order valence-electron chi connectivity index (χ3n) is 4.78. The first-order chi connectivity index (χ1) is 12.8. The Morgan fingerprint density at radius 1 is 1.19 bits per heavy atom. The van der Waals surface area contributed by atoms with Gasteiger partial charge in [0.25, 0.3) is 0 Å². The molecule has 1 heterocycles. The van der Waals surface area contributed by atoms with Crippen LogP contribution in [-0.2, 0) is 15.9 Å². The Hall–Kier alpha value is -2.27. The number of carbonyl (C=O) groups is 1. The van der Waals surface area contributed by atoms with Crippen LogP contribution in [-0.4, -0.2) is 42.6 Å². The molecule has 1 fully saturated rings. The van der Waals surface area contributed by atoms with Gasteiger partial charge in [-0.2, -0.15) is 0 Å². The van der Waals surface area contributed by atoms with Gasteiger partial charge in [0.1, 0.15) is 17.6 Å². The zero-order valence-corrected chi connectivity index (χ0v) is 16.8. The molecule has 3 rings (SSSR count). The molecule has 0 aliphatic carbocycles. The van der Waals surface area contributed by atoms with Gasteiger partial charge in [-0.25, -0.2) is 4.79 Å². The van der Waals surface area contributed by atoms with Crippen molar-refractivity contribution < 1.29 is 19.0 Å². The molecule has 1 aliphatic heterocycles. The molecule has 0 saturated carbocycles. The third kappa shape index (κ3) is 4.53. The summed E-state index contributed by atoms with van der Waals surface area (Å²) in [6, 6.07) is 12.4. The second-order valence-electron chi connectivity index (χ2n) is 7.99.